The third kappa shape index (κ3) is 5.52. The van der Waals surface area contributed by atoms with Gasteiger partial charge in [0.25, 0.3) is 5.91 Å². The van der Waals surface area contributed by atoms with E-state index in [1.807, 2.05) is 19.1 Å². The first-order chi connectivity index (χ1) is 11.2. The summed E-state index contributed by atoms with van der Waals surface area (Å²) in [6, 6.07) is 6.82. The van der Waals surface area contributed by atoms with E-state index in [1.165, 1.54) is 6.92 Å². The molecule has 7 nitrogen and oxygen atoms in total. The van der Waals surface area contributed by atoms with E-state index in [-0.39, 0.29) is 11.5 Å². The van der Waals surface area contributed by atoms with Gasteiger partial charge in [0.15, 0.2) is 22.5 Å². The number of amides is 1. The average Bonchev–Trinajstić information content (AvgIpc) is 2.83. The summed E-state index contributed by atoms with van der Waals surface area (Å²) in [6.07, 6.45) is -0.471. The Morgan fingerprint density at radius 1 is 1.38 bits per heavy atom. The van der Waals surface area contributed by atoms with Crippen LogP contribution in [0, 0.1) is 6.92 Å². The monoisotopic (exact) mass is 355 g/mol. The Morgan fingerprint density at radius 2 is 2.12 bits per heavy atom. The number of ether oxygens (including phenoxy) is 2. The van der Waals surface area contributed by atoms with E-state index in [4.69, 9.17) is 9.47 Å². The van der Waals surface area contributed by atoms with Crippen LogP contribution in [0.25, 0.3) is 0 Å². The Balaban J connectivity index is 1.74. The van der Waals surface area contributed by atoms with Crippen molar-refractivity contribution in [3.63, 3.8) is 0 Å². The molecular weight excluding hydrogens is 334 g/mol. The minimum atomic E-state index is -3.07. The normalized spacial score (nSPS) is 20.2. The Hall–Kier alpha value is -2.09. The van der Waals surface area contributed by atoms with Gasteiger partial charge in [-0.25, -0.2) is 13.2 Å². The second-order valence-electron chi connectivity index (χ2n) is 5.85. The molecule has 0 saturated carbocycles. The van der Waals surface area contributed by atoms with Crippen molar-refractivity contribution in [1.29, 1.82) is 0 Å². The first-order valence-electron chi connectivity index (χ1n) is 7.65. The third-order valence-corrected chi connectivity index (χ3v) is 5.35. The molecule has 0 aromatic heterocycles. The highest BCUT2D eigenvalue weighted by Crippen LogP contribution is 2.14. The van der Waals surface area contributed by atoms with Crippen LogP contribution >= 0.6 is 0 Å². The number of hydrogen-bond donors (Lipinski definition) is 1. The van der Waals surface area contributed by atoms with Crippen LogP contribution < -0.4 is 10.1 Å². The van der Waals surface area contributed by atoms with Crippen LogP contribution in [-0.2, 0) is 24.2 Å². The molecule has 0 spiro atoms. The van der Waals surface area contributed by atoms with E-state index in [0.717, 1.165) is 5.56 Å². The van der Waals surface area contributed by atoms with Crippen LogP contribution in [0.3, 0.4) is 0 Å². The second-order valence-corrected chi connectivity index (χ2v) is 8.08. The van der Waals surface area contributed by atoms with E-state index in [9.17, 15) is 18.0 Å². The zero-order chi connectivity index (χ0) is 17.7. The molecule has 1 aliphatic rings. The molecule has 1 heterocycles. The lowest BCUT2D eigenvalue weighted by molar-refractivity contribution is -0.154. The molecular formula is C16H21NO6S. The molecule has 132 valence electrons. The molecule has 1 saturated heterocycles. The smallest absolute Gasteiger partial charge is 0.347 e. The predicted octanol–water partition coefficient (Wildman–Crippen LogP) is 0.609. The van der Waals surface area contributed by atoms with Crippen molar-refractivity contribution in [2.45, 2.75) is 32.4 Å². The van der Waals surface area contributed by atoms with Crippen molar-refractivity contribution in [3.05, 3.63) is 29.8 Å². The van der Waals surface area contributed by atoms with Crippen LogP contribution in [0.15, 0.2) is 24.3 Å². The molecule has 1 aliphatic heterocycles. The van der Waals surface area contributed by atoms with Gasteiger partial charge in [-0.3, -0.25) is 4.79 Å². The largest absolute Gasteiger partial charge is 0.479 e. The highest BCUT2D eigenvalue weighted by Gasteiger charge is 2.29. The van der Waals surface area contributed by atoms with E-state index in [2.05, 4.69) is 5.32 Å². The minimum absolute atomic E-state index is 0.0686. The number of esters is 1. The van der Waals surface area contributed by atoms with Crippen LogP contribution in [0.4, 0.5) is 0 Å². The van der Waals surface area contributed by atoms with E-state index in [1.54, 1.807) is 12.1 Å². The summed E-state index contributed by atoms with van der Waals surface area (Å²) in [4.78, 5) is 23.6. The topological polar surface area (TPSA) is 98.8 Å². The summed E-state index contributed by atoms with van der Waals surface area (Å²) in [6.45, 7) is 2.98. The summed E-state index contributed by atoms with van der Waals surface area (Å²) >= 11 is 0. The summed E-state index contributed by atoms with van der Waals surface area (Å²) < 4.78 is 33.0. The van der Waals surface area contributed by atoms with Crippen molar-refractivity contribution in [1.82, 2.24) is 5.32 Å². The maximum Gasteiger partial charge on any atom is 0.347 e. The van der Waals surface area contributed by atoms with Gasteiger partial charge in [-0.1, -0.05) is 12.1 Å². The quantitative estimate of drug-likeness (QED) is 0.751. The number of carbonyl (C=O) groups is 2. The van der Waals surface area contributed by atoms with Gasteiger partial charge < -0.3 is 14.8 Å². The summed E-state index contributed by atoms with van der Waals surface area (Å²) in [7, 11) is -3.07. The summed E-state index contributed by atoms with van der Waals surface area (Å²) in [5.41, 5.74) is 0.999. The van der Waals surface area contributed by atoms with Gasteiger partial charge in [-0.05, 0) is 38.0 Å². The first-order valence-corrected chi connectivity index (χ1v) is 9.47. The summed E-state index contributed by atoms with van der Waals surface area (Å²) in [5, 5.41) is 2.55. The van der Waals surface area contributed by atoms with Crippen molar-refractivity contribution in [3.8, 4) is 5.75 Å². The van der Waals surface area contributed by atoms with Gasteiger partial charge in [0, 0.05) is 6.04 Å². The number of sulfone groups is 1. The highest BCUT2D eigenvalue weighted by molar-refractivity contribution is 7.91. The predicted molar refractivity (Wildman–Crippen MR) is 87.4 cm³/mol. The Morgan fingerprint density at radius 3 is 2.75 bits per heavy atom. The van der Waals surface area contributed by atoms with Gasteiger partial charge >= 0.3 is 5.97 Å². The SMILES string of the molecule is Cc1cccc(O[C@@H](C)C(=O)OCC(=O)N[C@@H]2CCS(=O)(=O)C2)c1. The van der Waals surface area contributed by atoms with Gasteiger partial charge in [0.2, 0.25) is 0 Å². The number of hydrogen-bond acceptors (Lipinski definition) is 6. The van der Waals surface area contributed by atoms with Gasteiger partial charge in [-0.15, -0.1) is 0 Å². The number of aryl methyl sites for hydroxylation is 1. The first kappa shape index (κ1) is 18.3. The van der Waals surface area contributed by atoms with E-state index < -0.39 is 40.5 Å². The molecule has 2 rings (SSSR count). The van der Waals surface area contributed by atoms with Crippen molar-refractivity contribution in [2.24, 2.45) is 0 Å². The zero-order valence-corrected chi connectivity index (χ0v) is 14.5. The highest BCUT2D eigenvalue weighted by atomic mass is 32.2. The van der Waals surface area contributed by atoms with Crippen molar-refractivity contribution in [2.75, 3.05) is 18.1 Å². The number of nitrogens with one attached hydrogen (secondary N) is 1. The molecule has 1 amide bonds. The molecule has 1 fully saturated rings. The minimum Gasteiger partial charge on any atom is -0.479 e. The van der Waals surface area contributed by atoms with E-state index in [0.29, 0.717) is 12.2 Å². The molecule has 0 unspecified atom stereocenters. The molecule has 1 aromatic rings. The summed E-state index contributed by atoms with van der Waals surface area (Å²) in [5.74, 6) is -0.641. The lowest BCUT2D eigenvalue weighted by atomic mass is 10.2. The van der Waals surface area contributed by atoms with Gasteiger partial charge in [0.1, 0.15) is 5.75 Å². The van der Waals surface area contributed by atoms with Gasteiger partial charge in [0.05, 0.1) is 11.5 Å². The van der Waals surface area contributed by atoms with Crippen molar-refractivity contribution >= 4 is 21.7 Å². The third-order valence-electron chi connectivity index (χ3n) is 3.58. The number of carbonyl (C=O) groups excluding carboxylic acids is 2. The standard InChI is InChI=1S/C16H21NO6S/c1-11-4-3-5-14(8-11)23-12(2)16(19)22-9-15(18)17-13-6-7-24(20,21)10-13/h3-5,8,12-13H,6-7,9-10H2,1-2H3,(H,17,18)/t12-,13+/m0/s1. The number of rotatable bonds is 6. The molecule has 1 N–H and O–H groups in total. The molecule has 0 bridgehead atoms. The van der Waals surface area contributed by atoms with Crippen LogP contribution in [-0.4, -0.2) is 50.6 Å². The lowest BCUT2D eigenvalue weighted by Gasteiger charge is -2.15. The lowest BCUT2D eigenvalue weighted by Crippen LogP contribution is -2.39. The molecule has 1 aromatic carbocycles. The molecule has 24 heavy (non-hydrogen) atoms. The molecule has 0 aliphatic carbocycles. The molecule has 8 heteroatoms. The van der Waals surface area contributed by atoms with Crippen LogP contribution in [0.2, 0.25) is 0 Å². The van der Waals surface area contributed by atoms with Crippen LogP contribution in [0.5, 0.6) is 5.75 Å². The second kappa shape index (κ2) is 7.65. The fourth-order valence-electron chi connectivity index (χ4n) is 2.37. The average molecular weight is 355 g/mol. The fourth-order valence-corrected chi connectivity index (χ4v) is 4.05. The zero-order valence-electron chi connectivity index (χ0n) is 13.7. The Kier molecular flexibility index (Phi) is 5.82. The molecule has 2 atom stereocenters. The molecule has 0 radical (unpaired) electrons. The van der Waals surface area contributed by atoms with E-state index >= 15 is 0 Å². The Labute approximate surface area is 141 Å². The Bertz CT molecular complexity index is 715. The van der Waals surface area contributed by atoms with Crippen molar-refractivity contribution < 1.29 is 27.5 Å². The fraction of sp³-hybridized carbons (Fsp3) is 0.500. The van der Waals surface area contributed by atoms with Gasteiger partial charge in [-0.2, -0.15) is 0 Å². The maximum atomic E-state index is 11.9. The number of benzene rings is 1. The maximum absolute atomic E-state index is 11.9. The van der Waals surface area contributed by atoms with Crippen LogP contribution in [0.1, 0.15) is 18.9 Å².